The fourth-order valence-corrected chi connectivity index (χ4v) is 1.93. The van der Waals surface area contributed by atoms with Gasteiger partial charge in [-0.1, -0.05) is 6.92 Å². The molecule has 2 rings (SSSR count). The zero-order chi connectivity index (χ0) is 9.59. The van der Waals surface area contributed by atoms with Gasteiger partial charge in [0.15, 0.2) is 5.78 Å². The van der Waals surface area contributed by atoms with E-state index < -0.39 is 0 Å². The molecule has 0 heterocycles. The lowest BCUT2D eigenvalue weighted by Gasteiger charge is -2.01. The molecular weight excluding hydrogens is 167 g/mol. The van der Waals surface area contributed by atoms with Gasteiger partial charge in [-0.2, -0.15) is 0 Å². The Morgan fingerprint density at radius 1 is 1.46 bits per heavy atom. The number of hydrogen-bond acceptors (Lipinski definition) is 1. The fourth-order valence-electron chi connectivity index (χ4n) is 1.93. The molecule has 68 valence electrons. The molecule has 1 aromatic carbocycles. The van der Waals surface area contributed by atoms with E-state index in [0.29, 0.717) is 5.56 Å². The van der Waals surface area contributed by atoms with Crippen LogP contribution in [0.1, 0.15) is 28.4 Å². The summed E-state index contributed by atoms with van der Waals surface area (Å²) in [5, 5.41) is 0. The summed E-state index contributed by atoms with van der Waals surface area (Å²) in [5.74, 6) is -0.202. The molecule has 0 fully saturated rings. The van der Waals surface area contributed by atoms with Crippen molar-refractivity contribution in [3.8, 4) is 0 Å². The van der Waals surface area contributed by atoms with Crippen LogP contribution in [0.2, 0.25) is 0 Å². The normalized spacial score (nSPS) is 20.5. The van der Waals surface area contributed by atoms with Crippen LogP contribution in [0.4, 0.5) is 4.39 Å². The number of carbonyl (C=O) groups excluding carboxylic acids is 1. The number of aryl methyl sites for hydroxylation is 1. The van der Waals surface area contributed by atoms with Gasteiger partial charge in [-0.3, -0.25) is 4.79 Å². The second-order valence-electron chi connectivity index (χ2n) is 3.72. The maximum atomic E-state index is 13.0. The summed E-state index contributed by atoms with van der Waals surface area (Å²) in [6, 6.07) is 2.85. The standard InChI is InChI=1S/C11H11FO/c1-6-3-8(12)5-10-9(6)4-7(2)11(10)13/h3,5,7H,4H2,1-2H3. The first kappa shape index (κ1) is 8.42. The van der Waals surface area contributed by atoms with Crippen molar-refractivity contribution in [3.05, 3.63) is 34.6 Å². The highest BCUT2D eigenvalue weighted by Crippen LogP contribution is 2.29. The summed E-state index contributed by atoms with van der Waals surface area (Å²) in [4.78, 5) is 11.5. The molecule has 0 amide bonds. The van der Waals surface area contributed by atoms with Gasteiger partial charge in [-0.25, -0.2) is 4.39 Å². The van der Waals surface area contributed by atoms with E-state index in [9.17, 15) is 9.18 Å². The predicted molar refractivity (Wildman–Crippen MR) is 48.3 cm³/mol. The van der Waals surface area contributed by atoms with Crippen LogP contribution in [0.3, 0.4) is 0 Å². The largest absolute Gasteiger partial charge is 0.294 e. The molecule has 1 aliphatic carbocycles. The molecule has 1 aromatic rings. The van der Waals surface area contributed by atoms with Crippen molar-refractivity contribution in [2.45, 2.75) is 20.3 Å². The maximum Gasteiger partial charge on any atom is 0.166 e. The Morgan fingerprint density at radius 3 is 2.85 bits per heavy atom. The van der Waals surface area contributed by atoms with Crippen LogP contribution in [0.5, 0.6) is 0 Å². The average molecular weight is 178 g/mol. The lowest BCUT2D eigenvalue weighted by molar-refractivity contribution is 0.0946. The van der Waals surface area contributed by atoms with E-state index in [1.54, 1.807) is 0 Å². The summed E-state index contributed by atoms with van der Waals surface area (Å²) in [7, 11) is 0. The van der Waals surface area contributed by atoms with Gasteiger partial charge in [0.2, 0.25) is 0 Å². The highest BCUT2D eigenvalue weighted by atomic mass is 19.1. The molecule has 1 nitrogen and oxygen atoms in total. The summed E-state index contributed by atoms with van der Waals surface area (Å²) in [6.45, 7) is 3.74. The third-order valence-electron chi connectivity index (χ3n) is 2.66. The number of hydrogen-bond donors (Lipinski definition) is 0. The third-order valence-corrected chi connectivity index (χ3v) is 2.66. The van der Waals surface area contributed by atoms with Crippen LogP contribution < -0.4 is 0 Å². The van der Waals surface area contributed by atoms with Crippen molar-refractivity contribution >= 4 is 5.78 Å². The Morgan fingerprint density at radius 2 is 2.15 bits per heavy atom. The van der Waals surface area contributed by atoms with Gasteiger partial charge in [-0.05, 0) is 36.6 Å². The van der Waals surface area contributed by atoms with Crippen molar-refractivity contribution < 1.29 is 9.18 Å². The highest BCUT2D eigenvalue weighted by Gasteiger charge is 2.28. The SMILES string of the molecule is Cc1cc(F)cc2c1CC(C)C2=O. The van der Waals surface area contributed by atoms with Gasteiger partial charge in [0.05, 0.1) is 0 Å². The quantitative estimate of drug-likeness (QED) is 0.596. The number of fused-ring (bicyclic) bond motifs is 1. The Labute approximate surface area is 76.6 Å². The Bertz CT molecular complexity index is 382. The molecule has 0 saturated heterocycles. The van der Waals surface area contributed by atoms with Crippen LogP contribution in [-0.4, -0.2) is 5.78 Å². The minimum atomic E-state index is -0.307. The van der Waals surface area contributed by atoms with E-state index in [2.05, 4.69) is 0 Å². The molecule has 1 unspecified atom stereocenters. The minimum Gasteiger partial charge on any atom is -0.294 e. The molecular formula is C11H11FO. The van der Waals surface area contributed by atoms with E-state index in [-0.39, 0.29) is 17.5 Å². The number of carbonyl (C=O) groups is 1. The van der Waals surface area contributed by atoms with Crippen LogP contribution in [0.25, 0.3) is 0 Å². The van der Waals surface area contributed by atoms with Crippen LogP contribution in [0, 0.1) is 18.7 Å². The predicted octanol–water partition coefficient (Wildman–Crippen LogP) is 2.51. The van der Waals surface area contributed by atoms with Crippen LogP contribution in [0.15, 0.2) is 12.1 Å². The van der Waals surface area contributed by atoms with E-state index in [4.69, 9.17) is 0 Å². The first-order valence-electron chi connectivity index (χ1n) is 4.43. The van der Waals surface area contributed by atoms with Gasteiger partial charge in [0, 0.05) is 11.5 Å². The summed E-state index contributed by atoms with van der Waals surface area (Å²) in [6.07, 6.45) is 0.764. The van der Waals surface area contributed by atoms with Crippen molar-refractivity contribution in [3.63, 3.8) is 0 Å². The number of halogens is 1. The molecule has 1 aliphatic rings. The molecule has 13 heavy (non-hydrogen) atoms. The van der Waals surface area contributed by atoms with E-state index >= 15 is 0 Å². The second kappa shape index (κ2) is 2.66. The second-order valence-corrected chi connectivity index (χ2v) is 3.72. The topological polar surface area (TPSA) is 17.1 Å². The average Bonchev–Trinajstić information content (AvgIpc) is 2.32. The maximum absolute atomic E-state index is 13.0. The smallest absolute Gasteiger partial charge is 0.166 e. The zero-order valence-corrected chi connectivity index (χ0v) is 7.73. The molecule has 0 N–H and O–H groups in total. The number of benzene rings is 1. The molecule has 0 aliphatic heterocycles. The zero-order valence-electron chi connectivity index (χ0n) is 7.73. The van der Waals surface area contributed by atoms with Crippen molar-refractivity contribution in [2.24, 2.45) is 5.92 Å². The molecule has 0 aromatic heterocycles. The van der Waals surface area contributed by atoms with Crippen molar-refractivity contribution in [1.82, 2.24) is 0 Å². The summed E-state index contributed by atoms with van der Waals surface area (Å²) in [5.41, 5.74) is 2.51. The number of rotatable bonds is 0. The fraction of sp³-hybridized carbons (Fsp3) is 0.364. The molecule has 1 atom stereocenters. The van der Waals surface area contributed by atoms with E-state index in [1.807, 2.05) is 13.8 Å². The van der Waals surface area contributed by atoms with E-state index in [0.717, 1.165) is 17.5 Å². The highest BCUT2D eigenvalue weighted by molar-refractivity contribution is 6.02. The molecule has 0 saturated carbocycles. The van der Waals surface area contributed by atoms with Crippen molar-refractivity contribution in [2.75, 3.05) is 0 Å². The van der Waals surface area contributed by atoms with Gasteiger partial charge in [0.25, 0.3) is 0 Å². The van der Waals surface area contributed by atoms with Gasteiger partial charge in [-0.15, -0.1) is 0 Å². The Balaban J connectivity index is 2.64. The molecule has 2 heteroatoms. The third kappa shape index (κ3) is 1.17. The number of ketones is 1. The van der Waals surface area contributed by atoms with Gasteiger partial charge < -0.3 is 0 Å². The first-order chi connectivity index (χ1) is 6.09. The molecule has 0 bridgehead atoms. The summed E-state index contributed by atoms with van der Waals surface area (Å²) >= 11 is 0. The molecule has 0 radical (unpaired) electrons. The first-order valence-corrected chi connectivity index (χ1v) is 4.43. The van der Waals surface area contributed by atoms with Gasteiger partial charge in [0.1, 0.15) is 5.82 Å². The monoisotopic (exact) mass is 178 g/mol. The van der Waals surface area contributed by atoms with Gasteiger partial charge >= 0.3 is 0 Å². The minimum absolute atomic E-state index is 0.0236. The van der Waals surface area contributed by atoms with E-state index in [1.165, 1.54) is 12.1 Å². The van der Waals surface area contributed by atoms with Crippen LogP contribution in [-0.2, 0) is 6.42 Å². The molecule has 0 spiro atoms. The Kier molecular flexibility index (Phi) is 1.72. The lowest BCUT2D eigenvalue weighted by Crippen LogP contribution is -2.03. The Hall–Kier alpha value is -1.18. The number of Topliss-reactive ketones (excluding diaryl/α,β-unsaturated/α-hetero) is 1. The summed E-state index contributed by atoms with van der Waals surface area (Å²) < 4.78 is 13.0. The lowest BCUT2D eigenvalue weighted by atomic mass is 10.0. The van der Waals surface area contributed by atoms with Crippen molar-refractivity contribution in [1.29, 1.82) is 0 Å². The van der Waals surface area contributed by atoms with Crippen LogP contribution >= 0.6 is 0 Å².